The van der Waals surface area contributed by atoms with Crippen LogP contribution < -0.4 is 10.2 Å². The van der Waals surface area contributed by atoms with Crippen LogP contribution in [0, 0.1) is 11.8 Å². The molecule has 0 unspecified atom stereocenters. The van der Waals surface area contributed by atoms with Crippen LogP contribution in [0.4, 0.5) is 5.69 Å². The second kappa shape index (κ2) is 12.9. The van der Waals surface area contributed by atoms with Gasteiger partial charge in [0.1, 0.15) is 29.8 Å². The molecule has 7 atom stereocenters. The summed E-state index contributed by atoms with van der Waals surface area (Å²) in [7, 11) is 0. The minimum absolute atomic E-state index is 0.0435. The highest BCUT2D eigenvalue weighted by molar-refractivity contribution is 9.11. The second-order valence-corrected chi connectivity index (χ2v) is 13.7. The van der Waals surface area contributed by atoms with Crippen LogP contribution in [-0.2, 0) is 28.7 Å². The van der Waals surface area contributed by atoms with E-state index in [0.29, 0.717) is 22.2 Å². The van der Waals surface area contributed by atoms with Crippen molar-refractivity contribution in [3.05, 3.63) is 101 Å². The molecule has 2 saturated heterocycles. The first-order valence-corrected chi connectivity index (χ1v) is 17.0. The lowest BCUT2D eigenvalue weighted by Gasteiger charge is -2.37. The van der Waals surface area contributed by atoms with Crippen LogP contribution in [0.1, 0.15) is 31.4 Å². The number of cyclic esters (lactones) is 1. The van der Waals surface area contributed by atoms with Crippen molar-refractivity contribution >= 4 is 56.1 Å². The van der Waals surface area contributed by atoms with E-state index in [2.05, 4.69) is 21.2 Å². The maximum atomic E-state index is 15.0. The van der Waals surface area contributed by atoms with Gasteiger partial charge in [0.05, 0.1) is 25.1 Å². The fourth-order valence-electron chi connectivity index (χ4n) is 7.50. The first-order valence-electron chi connectivity index (χ1n) is 16.2. The lowest BCUT2D eigenvalue weighted by molar-refractivity contribution is -0.160. The molecule has 11 heteroatoms. The van der Waals surface area contributed by atoms with Crippen molar-refractivity contribution in [2.24, 2.45) is 11.8 Å². The zero-order valence-corrected chi connectivity index (χ0v) is 27.9. The van der Waals surface area contributed by atoms with Crippen molar-refractivity contribution in [3.8, 4) is 0 Å². The van der Waals surface area contributed by atoms with E-state index < -0.39 is 66.1 Å². The number of nitrogens with one attached hydrogen (secondary N) is 1. The number of hydrogen-bond donors (Lipinski definition) is 2. The summed E-state index contributed by atoms with van der Waals surface area (Å²) >= 11 is 3.58. The Hall–Kier alpha value is -4.32. The second-order valence-electron chi connectivity index (χ2n) is 12.7. The van der Waals surface area contributed by atoms with E-state index in [9.17, 15) is 19.5 Å². The van der Waals surface area contributed by atoms with Gasteiger partial charge in [0.25, 0.3) is 5.91 Å². The Balaban J connectivity index is 1.34. The number of allylic oxidation sites excluding steroid dienone is 1. The Morgan fingerprint density at radius 3 is 2.50 bits per heavy atom. The molecule has 4 aliphatic rings. The normalized spacial score (nSPS) is 30.6. The number of aliphatic hydroxyl groups excluding tert-OH is 1. The summed E-state index contributed by atoms with van der Waals surface area (Å²) < 4.78 is 13.2. The van der Waals surface area contributed by atoms with Gasteiger partial charge in [-0.25, -0.2) is 0 Å². The molecule has 3 aromatic rings. The van der Waals surface area contributed by atoms with E-state index in [-0.39, 0.29) is 25.4 Å². The van der Waals surface area contributed by atoms with Gasteiger partial charge in [-0.15, -0.1) is 0 Å². The molecule has 3 amide bonds. The van der Waals surface area contributed by atoms with Crippen LogP contribution in [-0.4, -0.2) is 77.2 Å². The van der Waals surface area contributed by atoms with Crippen LogP contribution in [0.25, 0.3) is 10.8 Å². The number of hydrogen-bond acceptors (Lipinski definition) is 7. The fraction of sp³-hybridized carbons (Fsp3) is 0.351. The SMILES string of the molecule is C[C@H](CO)N1C(=O)[C@@H]2[C@H]3C(=O)O[C@@H](c4ccccc4)CNC(=O)CC/C=C\CN(c4ccc5ccccc5c4)C(=O)[C@@H]1[C@]21C=C(Br)[C@H]3O1. The summed E-state index contributed by atoms with van der Waals surface area (Å²) in [6, 6.07) is 20.7. The number of carbonyl (C=O) groups excluding carboxylic acids is 4. The van der Waals surface area contributed by atoms with Gasteiger partial charge < -0.3 is 29.7 Å². The smallest absolute Gasteiger partial charge is 0.313 e. The van der Waals surface area contributed by atoms with Crippen molar-refractivity contribution in [1.29, 1.82) is 0 Å². The topological polar surface area (TPSA) is 125 Å². The summed E-state index contributed by atoms with van der Waals surface area (Å²) in [6.07, 6.45) is 4.39. The van der Waals surface area contributed by atoms with Gasteiger partial charge in [0, 0.05) is 23.1 Å². The molecule has 48 heavy (non-hydrogen) atoms. The standard InChI is InChI=1S/C37H36BrN3O7/c1-22(21-42)41-33-35(45)40(26-16-15-23-10-7-8-13-25(23)18-26)17-9-3-6-14-29(43)39-20-28(24-11-4-2-5-12-24)47-36(46)30-31(34(41)44)37(33)19-27(38)32(30)48-37/h2-5,7-13,15-16,18-19,22,28,30-33,42H,6,14,17,20-21H2,1H3,(H,39,43)/b9-3-/t22-,28-,30-,31+,32-,33-,37+/m1/s1. The fourth-order valence-corrected chi connectivity index (χ4v) is 8.24. The molecule has 7 rings (SSSR count). The molecule has 248 valence electrons. The molecule has 2 N–H and O–H groups in total. The minimum Gasteiger partial charge on any atom is -0.455 e. The highest BCUT2D eigenvalue weighted by Crippen LogP contribution is 2.59. The summed E-state index contributed by atoms with van der Waals surface area (Å²) in [5, 5.41) is 15.2. The molecule has 4 aliphatic heterocycles. The minimum atomic E-state index is -1.49. The van der Waals surface area contributed by atoms with Gasteiger partial charge >= 0.3 is 5.97 Å². The quantitative estimate of drug-likeness (QED) is 0.307. The van der Waals surface area contributed by atoms with Crippen molar-refractivity contribution in [2.75, 3.05) is 24.6 Å². The van der Waals surface area contributed by atoms with Crippen LogP contribution in [0.2, 0.25) is 0 Å². The number of benzene rings is 3. The monoisotopic (exact) mass is 713 g/mol. The third-order valence-corrected chi connectivity index (χ3v) is 10.5. The zero-order valence-electron chi connectivity index (χ0n) is 26.3. The Kier molecular flexibility index (Phi) is 8.69. The van der Waals surface area contributed by atoms with E-state index in [1.54, 1.807) is 17.9 Å². The number of esters is 1. The molecular weight excluding hydrogens is 678 g/mol. The van der Waals surface area contributed by atoms with E-state index in [1.165, 1.54) is 4.90 Å². The lowest BCUT2D eigenvalue weighted by Crippen LogP contribution is -2.58. The Morgan fingerprint density at radius 1 is 0.979 bits per heavy atom. The van der Waals surface area contributed by atoms with Crippen LogP contribution in [0.3, 0.4) is 0 Å². The molecule has 3 aromatic carbocycles. The third kappa shape index (κ3) is 5.43. The number of halogens is 1. The van der Waals surface area contributed by atoms with Gasteiger partial charge in [-0.2, -0.15) is 0 Å². The average Bonchev–Trinajstić information content (AvgIpc) is 3.70. The summed E-state index contributed by atoms with van der Waals surface area (Å²) in [5.41, 5.74) is -0.196. The van der Waals surface area contributed by atoms with E-state index >= 15 is 4.79 Å². The molecule has 2 fully saturated rings. The molecule has 0 radical (unpaired) electrons. The molecule has 10 nitrogen and oxygen atoms in total. The van der Waals surface area contributed by atoms with Gasteiger partial charge in [-0.05, 0) is 47.9 Å². The predicted octanol–water partition coefficient (Wildman–Crippen LogP) is 4.18. The number of carbonyl (C=O) groups is 4. The van der Waals surface area contributed by atoms with Crippen molar-refractivity contribution in [1.82, 2.24) is 10.2 Å². The Labute approximate surface area is 286 Å². The lowest BCUT2D eigenvalue weighted by atomic mass is 9.74. The number of fused-ring (bicyclic) bond motifs is 3. The summed E-state index contributed by atoms with van der Waals surface area (Å²) in [5.74, 6) is -3.91. The van der Waals surface area contributed by atoms with Crippen molar-refractivity contribution in [2.45, 2.75) is 49.7 Å². The van der Waals surface area contributed by atoms with Crippen molar-refractivity contribution in [3.63, 3.8) is 0 Å². The summed E-state index contributed by atoms with van der Waals surface area (Å²) in [6.45, 7) is 1.48. The molecule has 0 saturated carbocycles. The molecule has 5 bridgehead atoms. The molecule has 0 aliphatic carbocycles. The molecular formula is C37H36BrN3O7. The van der Waals surface area contributed by atoms with Gasteiger partial charge in [0.15, 0.2) is 0 Å². The van der Waals surface area contributed by atoms with E-state index in [4.69, 9.17) is 9.47 Å². The number of aliphatic hydroxyl groups is 1. The number of likely N-dealkylation sites (tertiary alicyclic amines) is 1. The predicted molar refractivity (Wildman–Crippen MR) is 182 cm³/mol. The zero-order chi connectivity index (χ0) is 33.6. The molecule has 1 spiro atoms. The van der Waals surface area contributed by atoms with Crippen molar-refractivity contribution < 1.29 is 33.8 Å². The molecule has 0 aromatic heterocycles. The van der Waals surface area contributed by atoms with Gasteiger partial charge in [0.2, 0.25) is 11.8 Å². The van der Waals surface area contributed by atoms with Crippen LogP contribution >= 0.6 is 15.9 Å². The molecule has 4 heterocycles. The average molecular weight is 715 g/mol. The highest BCUT2D eigenvalue weighted by Gasteiger charge is 2.75. The number of nitrogens with zero attached hydrogens (tertiary/aromatic N) is 2. The van der Waals surface area contributed by atoms with Crippen LogP contribution in [0.5, 0.6) is 0 Å². The van der Waals surface area contributed by atoms with E-state index in [1.807, 2.05) is 84.9 Å². The first-order chi connectivity index (χ1) is 23.2. The number of ether oxygens (including phenoxy) is 2. The van der Waals surface area contributed by atoms with Crippen LogP contribution in [0.15, 0.2) is 95.5 Å². The summed E-state index contributed by atoms with van der Waals surface area (Å²) in [4.78, 5) is 59.5. The first kappa shape index (κ1) is 32.2. The van der Waals surface area contributed by atoms with E-state index in [0.717, 1.165) is 10.8 Å². The Bertz CT molecular complexity index is 1830. The maximum absolute atomic E-state index is 15.0. The highest BCUT2D eigenvalue weighted by atomic mass is 79.9. The Morgan fingerprint density at radius 2 is 1.73 bits per heavy atom. The third-order valence-electron chi connectivity index (χ3n) is 9.83. The number of anilines is 1. The number of amides is 3. The number of rotatable bonds is 4. The van der Waals surface area contributed by atoms with Gasteiger partial charge in [-0.3, -0.25) is 19.2 Å². The van der Waals surface area contributed by atoms with Gasteiger partial charge in [-0.1, -0.05) is 88.7 Å². The largest absolute Gasteiger partial charge is 0.455 e. The maximum Gasteiger partial charge on any atom is 0.313 e.